The summed E-state index contributed by atoms with van der Waals surface area (Å²) < 4.78 is 6.91. The lowest BCUT2D eigenvalue weighted by Gasteiger charge is -2.12. The van der Waals surface area contributed by atoms with Crippen molar-refractivity contribution in [3.05, 3.63) is 76.8 Å². The Hall–Kier alpha value is -2.64. The number of aromatic nitrogens is 2. The summed E-state index contributed by atoms with van der Waals surface area (Å²) in [5, 5.41) is 5.98. The molecule has 4 aromatic rings. The first kappa shape index (κ1) is 18.7. The van der Waals surface area contributed by atoms with Crippen molar-refractivity contribution >= 4 is 40.0 Å². The van der Waals surface area contributed by atoms with Gasteiger partial charge in [0.1, 0.15) is 9.92 Å². The Balaban J connectivity index is 1.61. The first-order valence-electron chi connectivity index (χ1n) is 8.89. The Morgan fingerprint density at radius 1 is 1.25 bits per heavy atom. The molecule has 1 atom stereocenters. The number of furan rings is 1. The molecule has 0 saturated heterocycles. The van der Waals surface area contributed by atoms with Crippen LogP contribution in [0.1, 0.15) is 40.5 Å². The van der Waals surface area contributed by atoms with Crippen molar-refractivity contribution in [2.24, 2.45) is 0 Å². The number of aryl methyl sites for hydroxylation is 1. The number of hydrogen-bond donors (Lipinski definition) is 1. The molecule has 0 aliphatic carbocycles. The lowest BCUT2D eigenvalue weighted by atomic mass is 10.1. The van der Waals surface area contributed by atoms with Gasteiger partial charge in [-0.05, 0) is 32.0 Å². The first-order valence-corrected chi connectivity index (χ1v) is 10.8. The van der Waals surface area contributed by atoms with Gasteiger partial charge in [-0.1, -0.05) is 36.0 Å². The van der Waals surface area contributed by atoms with E-state index in [0.29, 0.717) is 17.1 Å². The standard InChI is InChI=1S/C21H19N3O2S2/c1-13-11-27-21(23-13)28-12-16-15-7-3-4-9-18(15)26-19(16)20(25)24-14(2)17-8-5-6-10-22-17/h3-11,14H,12H2,1-2H3,(H,24,25). The average molecular weight is 410 g/mol. The fourth-order valence-electron chi connectivity index (χ4n) is 2.93. The van der Waals surface area contributed by atoms with Gasteiger partial charge in [-0.3, -0.25) is 9.78 Å². The van der Waals surface area contributed by atoms with E-state index in [1.54, 1.807) is 29.3 Å². The molecule has 4 rings (SSSR count). The van der Waals surface area contributed by atoms with Gasteiger partial charge in [0.25, 0.3) is 5.91 Å². The van der Waals surface area contributed by atoms with E-state index in [4.69, 9.17) is 4.42 Å². The van der Waals surface area contributed by atoms with Crippen LogP contribution in [0.15, 0.2) is 62.8 Å². The molecule has 28 heavy (non-hydrogen) atoms. The molecule has 3 aromatic heterocycles. The van der Waals surface area contributed by atoms with Crippen molar-refractivity contribution in [1.82, 2.24) is 15.3 Å². The highest BCUT2D eigenvalue weighted by Crippen LogP contribution is 2.33. The Morgan fingerprint density at radius 3 is 2.82 bits per heavy atom. The molecule has 142 valence electrons. The van der Waals surface area contributed by atoms with Gasteiger partial charge in [0.2, 0.25) is 0 Å². The van der Waals surface area contributed by atoms with Gasteiger partial charge in [-0.2, -0.15) is 0 Å². The molecule has 7 heteroatoms. The van der Waals surface area contributed by atoms with Crippen molar-refractivity contribution in [3.8, 4) is 0 Å². The molecule has 0 radical (unpaired) electrons. The zero-order valence-electron chi connectivity index (χ0n) is 15.5. The molecule has 3 heterocycles. The van der Waals surface area contributed by atoms with Gasteiger partial charge in [-0.15, -0.1) is 11.3 Å². The van der Waals surface area contributed by atoms with E-state index in [9.17, 15) is 4.79 Å². The number of carbonyl (C=O) groups is 1. The van der Waals surface area contributed by atoms with Gasteiger partial charge in [0.05, 0.1) is 11.7 Å². The van der Waals surface area contributed by atoms with Crippen LogP contribution in [-0.4, -0.2) is 15.9 Å². The monoisotopic (exact) mass is 409 g/mol. The number of carbonyl (C=O) groups excluding carboxylic acids is 1. The van der Waals surface area contributed by atoms with E-state index in [-0.39, 0.29) is 11.9 Å². The van der Waals surface area contributed by atoms with Crippen LogP contribution >= 0.6 is 23.1 Å². The average Bonchev–Trinajstić information content (AvgIpc) is 3.30. The minimum absolute atomic E-state index is 0.218. The number of nitrogens with zero attached hydrogens (tertiary/aromatic N) is 2. The minimum Gasteiger partial charge on any atom is -0.451 e. The Kier molecular flexibility index (Phi) is 5.45. The fourth-order valence-corrected chi connectivity index (χ4v) is 4.80. The summed E-state index contributed by atoms with van der Waals surface area (Å²) in [5.74, 6) is 0.732. The zero-order valence-corrected chi connectivity index (χ0v) is 17.1. The number of rotatable bonds is 6. The summed E-state index contributed by atoms with van der Waals surface area (Å²) in [6.45, 7) is 3.89. The van der Waals surface area contributed by atoms with Gasteiger partial charge in [0.15, 0.2) is 5.76 Å². The van der Waals surface area contributed by atoms with Crippen molar-refractivity contribution in [3.63, 3.8) is 0 Å². The van der Waals surface area contributed by atoms with Crippen LogP contribution in [0.25, 0.3) is 11.0 Å². The Bertz CT molecular complexity index is 1110. The summed E-state index contributed by atoms with van der Waals surface area (Å²) in [5.41, 5.74) is 3.41. The third-order valence-electron chi connectivity index (χ3n) is 4.32. The molecule has 1 aromatic carbocycles. The largest absolute Gasteiger partial charge is 0.451 e. The summed E-state index contributed by atoms with van der Waals surface area (Å²) in [7, 11) is 0. The second kappa shape index (κ2) is 8.16. The lowest BCUT2D eigenvalue weighted by Crippen LogP contribution is -2.27. The number of nitrogens with one attached hydrogen (secondary N) is 1. The number of para-hydroxylation sites is 1. The summed E-state index contributed by atoms with van der Waals surface area (Å²) in [6, 6.07) is 13.2. The van der Waals surface area contributed by atoms with Crippen LogP contribution in [0.3, 0.4) is 0 Å². The number of thiazole rings is 1. The van der Waals surface area contributed by atoms with Crippen molar-refractivity contribution < 1.29 is 9.21 Å². The molecule has 0 saturated carbocycles. The number of amides is 1. The smallest absolute Gasteiger partial charge is 0.287 e. The van der Waals surface area contributed by atoms with Crippen LogP contribution in [-0.2, 0) is 5.75 Å². The topological polar surface area (TPSA) is 68.0 Å². The summed E-state index contributed by atoms with van der Waals surface area (Å²) in [6.07, 6.45) is 1.72. The highest BCUT2D eigenvalue weighted by atomic mass is 32.2. The first-order chi connectivity index (χ1) is 13.6. The quantitative estimate of drug-likeness (QED) is 0.433. The van der Waals surface area contributed by atoms with Gasteiger partial charge in [-0.25, -0.2) is 4.98 Å². The van der Waals surface area contributed by atoms with Crippen molar-refractivity contribution in [2.45, 2.75) is 30.0 Å². The molecule has 1 amide bonds. The predicted octanol–water partition coefficient (Wildman–Crippen LogP) is 5.38. The highest BCUT2D eigenvalue weighted by molar-refractivity contribution is 8.00. The Labute approximate surface area is 171 Å². The van der Waals surface area contributed by atoms with E-state index in [1.807, 2.05) is 61.7 Å². The number of benzene rings is 1. The fraction of sp³-hybridized carbons (Fsp3) is 0.190. The van der Waals surface area contributed by atoms with Gasteiger partial charge in [0, 0.05) is 34.0 Å². The second-order valence-corrected chi connectivity index (χ2v) is 8.48. The molecule has 0 aliphatic heterocycles. The molecule has 0 bridgehead atoms. The molecule has 1 N–H and O–H groups in total. The van der Waals surface area contributed by atoms with E-state index >= 15 is 0 Å². The van der Waals surface area contributed by atoms with Crippen LogP contribution < -0.4 is 5.32 Å². The third-order valence-corrected chi connectivity index (χ3v) is 6.49. The van der Waals surface area contributed by atoms with Crippen molar-refractivity contribution in [1.29, 1.82) is 0 Å². The maximum absolute atomic E-state index is 13.0. The number of thioether (sulfide) groups is 1. The van der Waals surface area contributed by atoms with E-state index in [2.05, 4.69) is 15.3 Å². The molecular weight excluding hydrogens is 390 g/mol. The van der Waals surface area contributed by atoms with E-state index < -0.39 is 0 Å². The zero-order chi connectivity index (χ0) is 19.5. The number of hydrogen-bond acceptors (Lipinski definition) is 6. The second-order valence-electron chi connectivity index (χ2n) is 6.40. The molecule has 0 fully saturated rings. The predicted molar refractivity (Wildman–Crippen MR) is 113 cm³/mol. The summed E-state index contributed by atoms with van der Waals surface area (Å²) >= 11 is 3.23. The maximum atomic E-state index is 13.0. The molecular formula is C21H19N3O2S2. The normalized spacial score (nSPS) is 12.2. The van der Waals surface area contributed by atoms with Crippen LogP contribution in [0, 0.1) is 6.92 Å². The molecule has 0 aliphatic rings. The minimum atomic E-state index is -0.236. The van der Waals surface area contributed by atoms with E-state index in [1.165, 1.54) is 0 Å². The van der Waals surface area contributed by atoms with Gasteiger partial charge < -0.3 is 9.73 Å². The molecule has 0 spiro atoms. The molecule has 5 nitrogen and oxygen atoms in total. The van der Waals surface area contributed by atoms with Crippen LogP contribution in [0.5, 0.6) is 0 Å². The third kappa shape index (κ3) is 3.95. The van der Waals surface area contributed by atoms with E-state index in [0.717, 1.165) is 26.7 Å². The molecule has 1 unspecified atom stereocenters. The lowest BCUT2D eigenvalue weighted by molar-refractivity contribution is 0.0912. The summed E-state index contributed by atoms with van der Waals surface area (Å²) in [4.78, 5) is 21.8. The number of fused-ring (bicyclic) bond motifs is 1. The number of pyridine rings is 1. The van der Waals surface area contributed by atoms with Crippen LogP contribution in [0.2, 0.25) is 0 Å². The van der Waals surface area contributed by atoms with Crippen molar-refractivity contribution in [2.75, 3.05) is 0 Å². The SMILES string of the molecule is Cc1csc(SCc2c(C(=O)NC(C)c3ccccn3)oc3ccccc23)n1. The van der Waals surface area contributed by atoms with Crippen LogP contribution in [0.4, 0.5) is 0 Å². The van der Waals surface area contributed by atoms with Gasteiger partial charge >= 0.3 is 0 Å². The maximum Gasteiger partial charge on any atom is 0.287 e. The Morgan fingerprint density at radius 2 is 2.07 bits per heavy atom. The highest BCUT2D eigenvalue weighted by Gasteiger charge is 2.22.